The highest BCUT2D eigenvalue weighted by atomic mass is 31.2. The summed E-state index contributed by atoms with van der Waals surface area (Å²) in [5, 5.41) is 16.1. The maximum absolute atomic E-state index is 11.3. The summed E-state index contributed by atoms with van der Waals surface area (Å²) in [5.74, 6) is 0.146. The average Bonchev–Trinajstić information content (AvgIpc) is 2.91. The molecule has 0 aliphatic carbocycles. The maximum Gasteiger partial charge on any atom is 0.524 e. The molecule has 0 saturated carbocycles. The monoisotopic (exact) mass is 524 g/mol. The molecule has 4 nitrogen and oxygen atoms in total. The van der Waals surface area contributed by atoms with E-state index in [1.807, 2.05) is 6.07 Å². The number of hydrogen-bond donors (Lipinski definition) is 2. The van der Waals surface area contributed by atoms with Gasteiger partial charge >= 0.3 is 7.82 Å². The summed E-state index contributed by atoms with van der Waals surface area (Å²) in [6.07, 6.45) is 0. The summed E-state index contributed by atoms with van der Waals surface area (Å²) in [5.41, 5.74) is 0. The van der Waals surface area contributed by atoms with E-state index in [9.17, 15) is 14.4 Å². The van der Waals surface area contributed by atoms with E-state index in [1.54, 1.807) is 12.1 Å². The largest absolute Gasteiger partial charge is 0.524 e. The number of fused-ring (bicyclic) bond motifs is 8. The van der Waals surface area contributed by atoms with Crippen molar-refractivity contribution in [3.8, 4) is 5.75 Å². The zero-order valence-electron chi connectivity index (χ0n) is 20.6. The highest BCUT2D eigenvalue weighted by Gasteiger charge is 2.16. The number of benzene rings is 8. The lowest BCUT2D eigenvalue weighted by atomic mass is 9.93. The topological polar surface area (TPSA) is 66.8 Å². The second kappa shape index (κ2) is 8.02. The van der Waals surface area contributed by atoms with Gasteiger partial charge in [-0.05, 0) is 148 Å². The smallest absolute Gasteiger partial charge is 0.404 e. The van der Waals surface area contributed by atoms with Gasteiger partial charge in [-0.3, -0.25) is 9.79 Å². The lowest BCUT2D eigenvalue weighted by molar-refractivity contribution is 0.283. The fourth-order valence-corrected chi connectivity index (χ4v) is 6.31. The molecule has 0 aliphatic heterocycles. The molecule has 0 bridgehead atoms. The predicted octanol–water partition coefficient (Wildman–Crippen LogP) is 9.23. The summed E-state index contributed by atoms with van der Waals surface area (Å²) in [6, 6.07) is 40.2. The zero-order chi connectivity index (χ0) is 26.3. The first-order valence-electron chi connectivity index (χ1n) is 12.7. The number of phosphoric acid groups is 1. The van der Waals surface area contributed by atoms with Gasteiger partial charge in [0, 0.05) is 0 Å². The van der Waals surface area contributed by atoms with Crippen molar-refractivity contribution in [1.82, 2.24) is 0 Å². The quantitative estimate of drug-likeness (QED) is 0.134. The van der Waals surface area contributed by atoms with E-state index in [0.29, 0.717) is 0 Å². The third-order valence-corrected chi connectivity index (χ3v) is 8.17. The van der Waals surface area contributed by atoms with Crippen molar-refractivity contribution >= 4 is 83.2 Å². The second-order valence-corrected chi connectivity index (χ2v) is 11.4. The van der Waals surface area contributed by atoms with Gasteiger partial charge in [0.1, 0.15) is 5.75 Å². The Bertz CT molecular complexity index is 2370. The van der Waals surface area contributed by atoms with Crippen molar-refractivity contribution in [1.29, 1.82) is 0 Å². The highest BCUT2D eigenvalue weighted by Crippen LogP contribution is 2.40. The lowest BCUT2D eigenvalue weighted by Gasteiger charge is -2.11. The Balaban J connectivity index is 1.35. The van der Waals surface area contributed by atoms with E-state index in [-0.39, 0.29) is 5.75 Å². The van der Waals surface area contributed by atoms with Crippen molar-refractivity contribution in [2.45, 2.75) is 0 Å². The van der Waals surface area contributed by atoms with Gasteiger partial charge in [0.2, 0.25) is 0 Å². The molecule has 8 rings (SSSR count). The summed E-state index contributed by atoms with van der Waals surface area (Å²) >= 11 is 0. The Kier molecular flexibility index (Phi) is 4.63. The molecule has 0 spiro atoms. The molecular formula is C34H21O4P. The van der Waals surface area contributed by atoms with Gasteiger partial charge in [-0.1, -0.05) is 42.5 Å². The SMILES string of the molecule is O=P(O)(O)Oc1ccc2cc3cc4ccc5cc6cc7cc8ccccc8cc7cc6cc5c4cc3cc2c1. The van der Waals surface area contributed by atoms with E-state index in [1.165, 1.54) is 53.9 Å². The number of rotatable bonds is 2. The van der Waals surface area contributed by atoms with Gasteiger partial charge < -0.3 is 4.52 Å². The molecule has 8 aromatic rings. The maximum atomic E-state index is 11.3. The summed E-state index contributed by atoms with van der Waals surface area (Å²) < 4.78 is 16.1. The molecule has 0 aromatic heterocycles. The van der Waals surface area contributed by atoms with Crippen molar-refractivity contribution in [3.63, 3.8) is 0 Å². The minimum absolute atomic E-state index is 0.146. The van der Waals surface area contributed by atoms with Gasteiger partial charge in [0.15, 0.2) is 0 Å². The van der Waals surface area contributed by atoms with Crippen molar-refractivity contribution in [2.24, 2.45) is 0 Å². The van der Waals surface area contributed by atoms with Crippen LogP contribution >= 0.6 is 7.82 Å². The van der Waals surface area contributed by atoms with Crippen LogP contribution < -0.4 is 4.52 Å². The Labute approximate surface area is 222 Å². The molecule has 0 saturated heterocycles. The Morgan fingerprint density at radius 1 is 0.410 bits per heavy atom. The van der Waals surface area contributed by atoms with Crippen LogP contribution in [0.5, 0.6) is 5.75 Å². The van der Waals surface area contributed by atoms with Gasteiger partial charge in [-0.15, -0.1) is 0 Å². The fourth-order valence-electron chi connectivity index (χ4n) is 5.92. The second-order valence-electron chi connectivity index (χ2n) is 10.2. The van der Waals surface area contributed by atoms with E-state index >= 15 is 0 Å². The molecule has 0 atom stereocenters. The van der Waals surface area contributed by atoms with Crippen molar-refractivity contribution in [3.05, 3.63) is 115 Å². The number of phosphoric ester groups is 1. The van der Waals surface area contributed by atoms with Gasteiger partial charge in [0.25, 0.3) is 0 Å². The van der Waals surface area contributed by atoms with Crippen LogP contribution in [0.25, 0.3) is 75.4 Å². The van der Waals surface area contributed by atoms with Gasteiger partial charge in [-0.2, -0.15) is 0 Å². The summed E-state index contributed by atoms with van der Waals surface area (Å²) in [6.45, 7) is 0. The van der Waals surface area contributed by atoms with Crippen LogP contribution in [0.15, 0.2) is 115 Å². The van der Waals surface area contributed by atoms with Crippen LogP contribution in [0.4, 0.5) is 0 Å². The van der Waals surface area contributed by atoms with Crippen molar-refractivity contribution < 1.29 is 18.9 Å². The molecule has 0 fully saturated rings. The fraction of sp³-hybridized carbons (Fsp3) is 0. The molecule has 0 unspecified atom stereocenters. The molecule has 0 amide bonds. The van der Waals surface area contributed by atoms with Crippen LogP contribution in [0, 0.1) is 0 Å². The van der Waals surface area contributed by atoms with Crippen LogP contribution in [0.2, 0.25) is 0 Å². The minimum atomic E-state index is -4.62. The number of hydrogen-bond acceptors (Lipinski definition) is 2. The minimum Gasteiger partial charge on any atom is -0.404 e. The van der Waals surface area contributed by atoms with Gasteiger partial charge in [0.05, 0.1) is 0 Å². The Hall–Kier alpha value is -4.47. The van der Waals surface area contributed by atoms with E-state index in [0.717, 1.165) is 21.5 Å². The Morgan fingerprint density at radius 2 is 0.769 bits per heavy atom. The lowest BCUT2D eigenvalue weighted by Crippen LogP contribution is -1.90. The highest BCUT2D eigenvalue weighted by molar-refractivity contribution is 7.46. The predicted molar refractivity (Wildman–Crippen MR) is 162 cm³/mol. The molecule has 8 aromatic carbocycles. The standard InChI is InChI=1S/C34H21O4P/c35-39(36,37)38-32-8-7-22-11-25-12-23-5-6-24-13-28-14-26-9-20-3-1-2-4-21(20)10-27(26)15-30(28)18-33(24)34(23)19-31(25)16-29(22)17-32/h1-19H,(H2,35,36,37). The normalized spacial score (nSPS) is 12.5. The van der Waals surface area contributed by atoms with Crippen LogP contribution in [0.1, 0.15) is 0 Å². The molecule has 39 heavy (non-hydrogen) atoms. The molecule has 186 valence electrons. The first-order valence-corrected chi connectivity index (χ1v) is 14.2. The van der Waals surface area contributed by atoms with Crippen LogP contribution in [0.3, 0.4) is 0 Å². The summed E-state index contributed by atoms with van der Waals surface area (Å²) in [7, 11) is -4.62. The molecule has 0 aliphatic rings. The van der Waals surface area contributed by atoms with Crippen LogP contribution in [-0.4, -0.2) is 9.79 Å². The average molecular weight is 525 g/mol. The third-order valence-electron chi connectivity index (χ3n) is 7.72. The molecule has 0 radical (unpaired) electrons. The summed E-state index contributed by atoms with van der Waals surface area (Å²) in [4.78, 5) is 18.4. The third kappa shape index (κ3) is 3.81. The van der Waals surface area contributed by atoms with Crippen molar-refractivity contribution in [2.75, 3.05) is 0 Å². The van der Waals surface area contributed by atoms with Gasteiger partial charge in [-0.25, -0.2) is 4.57 Å². The van der Waals surface area contributed by atoms with Crippen LogP contribution in [-0.2, 0) is 4.57 Å². The molecule has 2 N–H and O–H groups in total. The first-order chi connectivity index (χ1) is 18.9. The molecule has 5 heteroatoms. The zero-order valence-corrected chi connectivity index (χ0v) is 21.5. The Morgan fingerprint density at radius 3 is 1.26 bits per heavy atom. The molecular weight excluding hydrogens is 503 g/mol. The first kappa shape index (κ1) is 22.5. The van der Waals surface area contributed by atoms with E-state index < -0.39 is 7.82 Å². The van der Waals surface area contributed by atoms with E-state index in [4.69, 9.17) is 4.52 Å². The molecule has 0 heterocycles. The van der Waals surface area contributed by atoms with E-state index in [2.05, 4.69) is 97.1 Å².